The summed E-state index contributed by atoms with van der Waals surface area (Å²) >= 11 is 0. The van der Waals surface area contributed by atoms with Crippen LogP contribution < -0.4 is 0 Å². The number of carbonyl (C=O) groups excluding carboxylic acids is 1. The third-order valence-electron chi connectivity index (χ3n) is 1.81. The Morgan fingerprint density at radius 2 is 2.50 bits per heavy atom. The molecule has 0 saturated carbocycles. The Balaban J connectivity index is 2.59. The molecule has 1 atom stereocenters. The van der Waals surface area contributed by atoms with E-state index in [2.05, 4.69) is 11.9 Å². The molecule has 0 bridgehead atoms. The molecule has 0 unspecified atom stereocenters. The van der Waals surface area contributed by atoms with Crippen molar-refractivity contribution in [1.82, 2.24) is 4.98 Å². The second-order valence-corrected chi connectivity index (χ2v) is 2.89. The van der Waals surface area contributed by atoms with Gasteiger partial charge in [-0.25, -0.2) is 4.98 Å². The number of aromatic nitrogens is 1. The minimum absolute atomic E-state index is 0.00171. The highest BCUT2D eigenvalue weighted by molar-refractivity contribution is 5.93. The first-order valence-corrected chi connectivity index (χ1v) is 4.19. The Morgan fingerprint density at radius 1 is 1.75 bits per heavy atom. The van der Waals surface area contributed by atoms with Gasteiger partial charge < -0.3 is 4.42 Å². The molecule has 0 spiro atoms. The molecule has 0 fully saturated rings. The highest BCUT2D eigenvalue weighted by Crippen LogP contribution is 2.11. The van der Waals surface area contributed by atoms with Gasteiger partial charge in [-0.3, -0.25) is 4.79 Å². The summed E-state index contributed by atoms with van der Waals surface area (Å²) in [6.45, 7) is 3.95. The summed E-state index contributed by atoms with van der Waals surface area (Å²) in [7, 11) is 0. The van der Waals surface area contributed by atoms with Gasteiger partial charge in [-0.2, -0.15) is 0 Å². The Hall–Kier alpha value is -1.12. The molecule has 3 nitrogen and oxygen atoms in total. The van der Waals surface area contributed by atoms with E-state index in [9.17, 15) is 4.79 Å². The molecule has 1 rings (SSSR count). The van der Waals surface area contributed by atoms with Gasteiger partial charge in [0.15, 0.2) is 0 Å². The zero-order chi connectivity index (χ0) is 8.97. The van der Waals surface area contributed by atoms with Crippen molar-refractivity contribution in [3.05, 3.63) is 18.4 Å². The number of hydrogen-bond acceptors (Lipinski definition) is 3. The maximum atomic E-state index is 11.4. The lowest BCUT2D eigenvalue weighted by Gasteiger charge is -2.04. The third-order valence-corrected chi connectivity index (χ3v) is 1.81. The van der Waals surface area contributed by atoms with Crippen molar-refractivity contribution in [2.24, 2.45) is 5.92 Å². The van der Waals surface area contributed by atoms with Crippen molar-refractivity contribution >= 4 is 5.78 Å². The molecule has 1 aromatic rings. The van der Waals surface area contributed by atoms with E-state index in [0.29, 0.717) is 0 Å². The first-order chi connectivity index (χ1) is 5.75. The van der Waals surface area contributed by atoms with Gasteiger partial charge in [-0.15, -0.1) is 0 Å². The van der Waals surface area contributed by atoms with Crippen LogP contribution >= 0.6 is 0 Å². The number of Topliss-reactive ketones (excluding diaryl/α,β-unsaturated/α-hetero) is 1. The van der Waals surface area contributed by atoms with E-state index in [1.807, 2.05) is 6.92 Å². The van der Waals surface area contributed by atoms with Crippen molar-refractivity contribution in [2.45, 2.75) is 26.7 Å². The van der Waals surface area contributed by atoms with E-state index < -0.39 is 0 Å². The molecule has 0 aliphatic rings. The minimum Gasteiger partial charge on any atom is -0.442 e. The van der Waals surface area contributed by atoms with Crippen LogP contribution in [0.25, 0.3) is 0 Å². The number of hydrogen-bond donors (Lipinski definition) is 0. The molecule has 3 heteroatoms. The Morgan fingerprint density at radius 3 is 3.00 bits per heavy atom. The molecular weight excluding hydrogens is 154 g/mol. The van der Waals surface area contributed by atoms with Gasteiger partial charge in [-0.05, 0) is 6.42 Å². The van der Waals surface area contributed by atoms with E-state index in [4.69, 9.17) is 4.42 Å². The molecule has 0 amide bonds. The molecule has 1 heterocycles. The van der Waals surface area contributed by atoms with Crippen LogP contribution in [0.2, 0.25) is 0 Å². The van der Waals surface area contributed by atoms with E-state index in [-0.39, 0.29) is 17.6 Å². The maximum Gasteiger partial charge on any atom is 0.263 e. The lowest BCUT2D eigenvalue weighted by Crippen LogP contribution is -2.11. The van der Waals surface area contributed by atoms with Gasteiger partial charge in [-0.1, -0.05) is 20.3 Å². The molecule has 0 aromatic carbocycles. The second kappa shape index (κ2) is 4.04. The fourth-order valence-electron chi connectivity index (χ4n) is 1.12. The summed E-state index contributed by atoms with van der Waals surface area (Å²) in [5, 5.41) is 0. The van der Waals surface area contributed by atoms with Crippen molar-refractivity contribution in [2.75, 3.05) is 0 Å². The number of rotatable bonds is 4. The quantitative estimate of drug-likeness (QED) is 0.646. The summed E-state index contributed by atoms with van der Waals surface area (Å²) in [4.78, 5) is 15.2. The van der Waals surface area contributed by atoms with Gasteiger partial charge in [0.05, 0.1) is 6.20 Å². The van der Waals surface area contributed by atoms with Gasteiger partial charge >= 0.3 is 0 Å². The van der Waals surface area contributed by atoms with Gasteiger partial charge in [0.2, 0.25) is 5.78 Å². The fourth-order valence-corrected chi connectivity index (χ4v) is 1.12. The van der Waals surface area contributed by atoms with Crippen molar-refractivity contribution in [3.63, 3.8) is 0 Å². The van der Waals surface area contributed by atoms with Crippen LogP contribution in [0.3, 0.4) is 0 Å². The first kappa shape index (κ1) is 8.97. The van der Waals surface area contributed by atoms with Gasteiger partial charge in [0.1, 0.15) is 6.26 Å². The normalized spacial score (nSPS) is 12.8. The maximum absolute atomic E-state index is 11.4. The molecule has 0 aliphatic heterocycles. The van der Waals surface area contributed by atoms with Crippen LogP contribution in [0.5, 0.6) is 0 Å². The number of ketones is 1. The van der Waals surface area contributed by atoms with Crippen molar-refractivity contribution < 1.29 is 9.21 Å². The Kier molecular flexibility index (Phi) is 3.02. The molecule has 0 saturated heterocycles. The Bertz CT molecular complexity index is 241. The Labute approximate surface area is 71.8 Å². The first-order valence-electron chi connectivity index (χ1n) is 4.19. The summed E-state index contributed by atoms with van der Waals surface area (Å²) < 4.78 is 4.90. The number of carbonyl (C=O) groups is 1. The summed E-state index contributed by atoms with van der Waals surface area (Å²) in [5.41, 5.74) is 0. The predicted molar refractivity (Wildman–Crippen MR) is 44.9 cm³/mol. The molecule has 0 aliphatic carbocycles. The molecule has 12 heavy (non-hydrogen) atoms. The van der Waals surface area contributed by atoms with Crippen LogP contribution in [0.1, 0.15) is 37.4 Å². The topological polar surface area (TPSA) is 43.1 Å². The number of nitrogens with zero attached hydrogens (tertiary/aromatic N) is 1. The summed E-state index contributed by atoms with van der Waals surface area (Å²) in [6.07, 6.45) is 4.81. The van der Waals surface area contributed by atoms with Crippen LogP contribution in [0.15, 0.2) is 16.9 Å². The SMILES string of the molecule is CCC[C@@H](C)C(=O)c1ncco1. The molecule has 1 aromatic heterocycles. The average molecular weight is 167 g/mol. The van der Waals surface area contributed by atoms with E-state index >= 15 is 0 Å². The fraction of sp³-hybridized carbons (Fsp3) is 0.556. The average Bonchev–Trinajstić information content (AvgIpc) is 2.55. The predicted octanol–water partition coefficient (Wildman–Crippen LogP) is 2.29. The zero-order valence-corrected chi connectivity index (χ0v) is 7.41. The molecule has 66 valence electrons. The second-order valence-electron chi connectivity index (χ2n) is 2.89. The smallest absolute Gasteiger partial charge is 0.263 e. The lowest BCUT2D eigenvalue weighted by molar-refractivity contribution is 0.0888. The van der Waals surface area contributed by atoms with Crippen LogP contribution in [-0.4, -0.2) is 10.8 Å². The standard InChI is InChI=1S/C9H13NO2/c1-3-4-7(2)8(11)9-10-5-6-12-9/h5-7H,3-4H2,1-2H3/t7-/m1/s1. The van der Waals surface area contributed by atoms with Crippen LogP contribution in [0.4, 0.5) is 0 Å². The minimum atomic E-state index is 0.00171. The van der Waals surface area contributed by atoms with E-state index in [0.717, 1.165) is 12.8 Å². The van der Waals surface area contributed by atoms with Crippen LogP contribution in [-0.2, 0) is 0 Å². The van der Waals surface area contributed by atoms with Gasteiger partial charge in [0, 0.05) is 5.92 Å². The largest absolute Gasteiger partial charge is 0.442 e. The van der Waals surface area contributed by atoms with E-state index in [1.165, 1.54) is 12.5 Å². The highest BCUT2D eigenvalue weighted by Gasteiger charge is 2.17. The van der Waals surface area contributed by atoms with Gasteiger partial charge in [0.25, 0.3) is 5.89 Å². The zero-order valence-electron chi connectivity index (χ0n) is 7.41. The summed E-state index contributed by atoms with van der Waals surface area (Å²) in [5.74, 6) is 0.256. The molecule has 0 N–H and O–H groups in total. The molecular formula is C9H13NO2. The highest BCUT2D eigenvalue weighted by atomic mass is 16.3. The number of oxazole rings is 1. The lowest BCUT2D eigenvalue weighted by atomic mass is 10.0. The van der Waals surface area contributed by atoms with Crippen molar-refractivity contribution in [3.8, 4) is 0 Å². The third kappa shape index (κ3) is 1.94. The van der Waals surface area contributed by atoms with E-state index in [1.54, 1.807) is 0 Å². The van der Waals surface area contributed by atoms with Crippen molar-refractivity contribution in [1.29, 1.82) is 0 Å². The summed E-state index contributed by atoms with van der Waals surface area (Å²) in [6, 6.07) is 0. The van der Waals surface area contributed by atoms with Crippen LogP contribution in [0, 0.1) is 5.92 Å². The monoisotopic (exact) mass is 167 g/mol. The molecule has 0 radical (unpaired) electrons.